The molecule has 2 aromatic rings. The van der Waals surface area contributed by atoms with Crippen LogP contribution in [0.5, 0.6) is 0 Å². The summed E-state index contributed by atoms with van der Waals surface area (Å²) in [7, 11) is 0. The molecular weight excluding hydrogens is 339 g/mol. The summed E-state index contributed by atoms with van der Waals surface area (Å²) in [5, 5.41) is 7.92. The summed E-state index contributed by atoms with van der Waals surface area (Å²) in [6.07, 6.45) is 7.71. The summed E-state index contributed by atoms with van der Waals surface area (Å²) in [5.41, 5.74) is 2.32. The van der Waals surface area contributed by atoms with Crippen molar-refractivity contribution in [1.82, 2.24) is 20.0 Å². The first-order valence-electron chi connectivity index (χ1n) is 8.95. The molecule has 1 fully saturated rings. The Bertz CT molecular complexity index is 623. The predicted molar refractivity (Wildman–Crippen MR) is 102 cm³/mol. The highest BCUT2D eigenvalue weighted by atomic mass is 35.5. The lowest BCUT2D eigenvalue weighted by molar-refractivity contribution is 0.154. The number of benzene rings is 1. The number of nitrogens with one attached hydrogen (secondary N) is 1. The first-order chi connectivity index (χ1) is 11.7. The molecule has 0 amide bonds. The van der Waals surface area contributed by atoms with Crippen LogP contribution in [-0.4, -0.2) is 40.4 Å². The van der Waals surface area contributed by atoms with Gasteiger partial charge in [-0.25, -0.2) is 4.39 Å². The summed E-state index contributed by atoms with van der Waals surface area (Å²) in [6, 6.07) is 7.30. The van der Waals surface area contributed by atoms with Crippen LogP contribution in [0.25, 0.3) is 0 Å². The Morgan fingerprint density at radius 2 is 1.92 bits per heavy atom. The van der Waals surface area contributed by atoms with Crippen molar-refractivity contribution in [2.45, 2.75) is 45.3 Å². The van der Waals surface area contributed by atoms with E-state index in [0.717, 1.165) is 31.7 Å². The molecule has 0 atom stereocenters. The lowest BCUT2D eigenvalue weighted by atomic mass is 10.0. The largest absolute Gasteiger partial charge is 0.317 e. The van der Waals surface area contributed by atoms with E-state index < -0.39 is 0 Å². The van der Waals surface area contributed by atoms with Crippen LogP contribution in [0.15, 0.2) is 36.7 Å². The number of hydrogen-bond acceptors (Lipinski definition) is 3. The van der Waals surface area contributed by atoms with Crippen molar-refractivity contribution < 1.29 is 4.39 Å². The lowest BCUT2D eigenvalue weighted by Gasteiger charge is -2.34. The highest BCUT2D eigenvalue weighted by Crippen LogP contribution is 2.16. The molecule has 0 saturated carbocycles. The van der Waals surface area contributed by atoms with Gasteiger partial charge in [0.2, 0.25) is 0 Å². The topological polar surface area (TPSA) is 33.1 Å². The minimum absolute atomic E-state index is 0. The predicted octanol–water partition coefficient (Wildman–Crippen LogP) is 3.46. The van der Waals surface area contributed by atoms with Crippen LogP contribution in [0.4, 0.5) is 4.39 Å². The maximum atomic E-state index is 13.0. The number of nitrogens with zero attached hydrogens (tertiary/aromatic N) is 3. The van der Waals surface area contributed by atoms with Gasteiger partial charge in [-0.1, -0.05) is 19.1 Å². The van der Waals surface area contributed by atoms with Gasteiger partial charge in [0.15, 0.2) is 0 Å². The first-order valence-corrected chi connectivity index (χ1v) is 8.95. The number of aromatic nitrogens is 2. The minimum atomic E-state index is -0.197. The third-order valence-electron chi connectivity index (χ3n) is 4.67. The van der Waals surface area contributed by atoms with Gasteiger partial charge in [0, 0.05) is 24.3 Å². The van der Waals surface area contributed by atoms with Gasteiger partial charge in [-0.05, 0) is 56.6 Å². The molecule has 25 heavy (non-hydrogen) atoms. The van der Waals surface area contributed by atoms with Gasteiger partial charge in [-0.3, -0.25) is 9.58 Å². The zero-order chi connectivity index (χ0) is 16.8. The summed E-state index contributed by atoms with van der Waals surface area (Å²) >= 11 is 0. The van der Waals surface area contributed by atoms with Crippen LogP contribution >= 0.6 is 12.4 Å². The standard InChI is InChI=1S/C19H27FN4.ClH/c1-2-11-23(19-7-9-21-10-8-19)13-17-12-22-24(15-17)14-16-3-5-18(20)6-4-16;/h3-6,12,15,19,21H,2,7-11,13-14H2,1H3;1H. The molecule has 0 spiro atoms. The molecule has 1 aliphatic heterocycles. The highest BCUT2D eigenvalue weighted by Gasteiger charge is 2.20. The fourth-order valence-corrected chi connectivity index (χ4v) is 3.44. The van der Waals surface area contributed by atoms with Gasteiger partial charge in [-0.15, -0.1) is 12.4 Å². The average Bonchev–Trinajstić information content (AvgIpc) is 3.04. The van der Waals surface area contributed by atoms with Gasteiger partial charge in [0.25, 0.3) is 0 Å². The Kier molecular flexibility index (Phi) is 7.88. The van der Waals surface area contributed by atoms with Gasteiger partial charge < -0.3 is 5.32 Å². The summed E-state index contributed by atoms with van der Waals surface area (Å²) in [5.74, 6) is -0.197. The Morgan fingerprint density at radius 1 is 1.20 bits per heavy atom. The Labute approximate surface area is 155 Å². The normalized spacial score (nSPS) is 15.3. The minimum Gasteiger partial charge on any atom is -0.317 e. The third-order valence-corrected chi connectivity index (χ3v) is 4.67. The molecule has 0 unspecified atom stereocenters. The quantitative estimate of drug-likeness (QED) is 0.814. The van der Waals surface area contributed by atoms with Crippen LogP contribution in [0.1, 0.15) is 37.3 Å². The van der Waals surface area contributed by atoms with Crippen molar-refractivity contribution in [3.8, 4) is 0 Å². The van der Waals surface area contributed by atoms with E-state index >= 15 is 0 Å². The van der Waals surface area contributed by atoms with Gasteiger partial charge in [-0.2, -0.15) is 5.10 Å². The van der Waals surface area contributed by atoms with Crippen LogP contribution in [0.3, 0.4) is 0 Å². The molecule has 6 heteroatoms. The maximum absolute atomic E-state index is 13.0. The van der Waals surface area contributed by atoms with Crippen molar-refractivity contribution >= 4 is 12.4 Å². The van der Waals surface area contributed by atoms with Crippen molar-refractivity contribution in [2.24, 2.45) is 0 Å². The molecule has 0 radical (unpaired) electrons. The summed E-state index contributed by atoms with van der Waals surface area (Å²) < 4.78 is 14.9. The van der Waals surface area contributed by atoms with E-state index in [1.165, 1.54) is 37.0 Å². The number of hydrogen-bond donors (Lipinski definition) is 1. The van der Waals surface area contributed by atoms with Crippen LogP contribution < -0.4 is 5.32 Å². The van der Waals surface area contributed by atoms with Crippen LogP contribution in [0.2, 0.25) is 0 Å². The second kappa shape index (κ2) is 9.90. The zero-order valence-corrected chi connectivity index (χ0v) is 15.6. The van der Waals surface area contributed by atoms with E-state index in [1.54, 1.807) is 0 Å². The van der Waals surface area contributed by atoms with Crippen molar-refractivity contribution in [3.05, 3.63) is 53.6 Å². The number of rotatable bonds is 7. The van der Waals surface area contributed by atoms with E-state index in [-0.39, 0.29) is 18.2 Å². The van der Waals surface area contributed by atoms with Gasteiger partial charge >= 0.3 is 0 Å². The van der Waals surface area contributed by atoms with Gasteiger partial charge in [0.05, 0.1) is 12.7 Å². The van der Waals surface area contributed by atoms with E-state index in [4.69, 9.17) is 0 Å². The van der Waals surface area contributed by atoms with Crippen molar-refractivity contribution in [3.63, 3.8) is 0 Å². The molecule has 3 rings (SSSR count). The molecule has 1 aliphatic rings. The summed E-state index contributed by atoms with van der Waals surface area (Å²) in [6.45, 7) is 7.26. The van der Waals surface area contributed by atoms with Gasteiger partial charge in [0.1, 0.15) is 5.82 Å². The molecule has 0 aliphatic carbocycles. The molecule has 4 nitrogen and oxygen atoms in total. The number of halogens is 2. The highest BCUT2D eigenvalue weighted by molar-refractivity contribution is 5.85. The van der Waals surface area contributed by atoms with E-state index in [0.29, 0.717) is 12.6 Å². The molecule has 2 heterocycles. The zero-order valence-electron chi connectivity index (χ0n) is 14.8. The summed E-state index contributed by atoms with van der Waals surface area (Å²) in [4.78, 5) is 2.60. The van der Waals surface area contributed by atoms with Crippen LogP contribution in [-0.2, 0) is 13.1 Å². The molecule has 1 aromatic heterocycles. The monoisotopic (exact) mass is 366 g/mol. The SMILES string of the molecule is CCCN(Cc1cnn(Cc2ccc(F)cc2)c1)C1CCNCC1.Cl. The molecule has 138 valence electrons. The van der Waals surface area contributed by atoms with E-state index in [1.807, 2.05) is 23.0 Å². The fraction of sp³-hybridized carbons (Fsp3) is 0.526. The molecule has 1 aromatic carbocycles. The maximum Gasteiger partial charge on any atom is 0.123 e. The second-order valence-electron chi connectivity index (χ2n) is 6.62. The molecule has 1 saturated heterocycles. The van der Waals surface area contributed by atoms with Crippen molar-refractivity contribution in [2.75, 3.05) is 19.6 Å². The number of piperidine rings is 1. The second-order valence-corrected chi connectivity index (χ2v) is 6.62. The fourth-order valence-electron chi connectivity index (χ4n) is 3.44. The average molecular weight is 367 g/mol. The molecule has 1 N–H and O–H groups in total. The smallest absolute Gasteiger partial charge is 0.123 e. The first kappa shape index (κ1) is 19.9. The van der Waals surface area contributed by atoms with Crippen LogP contribution in [0, 0.1) is 5.82 Å². The molecule has 0 bridgehead atoms. The third kappa shape index (κ3) is 5.80. The van der Waals surface area contributed by atoms with E-state index in [2.05, 4.69) is 28.4 Å². The van der Waals surface area contributed by atoms with Crippen molar-refractivity contribution in [1.29, 1.82) is 0 Å². The Morgan fingerprint density at radius 3 is 2.60 bits per heavy atom. The Hall–Kier alpha value is -1.43. The van der Waals surface area contributed by atoms with E-state index in [9.17, 15) is 4.39 Å². The molecular formula is C19H28ClFN4. The lowest BCUT2D eigenvalue weighted by Crippen LogP contribution is -2.43. The Balaban J connectivity index is 0.00000225.